The van der Waals surface area contributed by atoms with Gasteiger partial charge in [-0.3, -0.25) is 9.59 Å². The van der Waals surface area contributed by atoms with Crippen molar-refractivity contribution in [3.63, 3.8) is 0 Å². The molecule has 0 aliphatic carbocycles. The highest BCUT2D eigenvalue weighted by Gasteiger charge is 2.17. The number of thioether (sulfide) groups is 1. The van der Waals surface area contributed by atoms with Gasteiger partial charge < -0.3 is 24.8 Å². The zero-order valence-corrected chi connectivity index (χ0v) is 20.0. The van der Waals surface area contributed by atoms with Gasteiger partial charge in [0.2, 0.25) is 5.91 Å². The molecule has 0 fully saturated rings. The van der Waals surface area contributed by atoms with Crippen molar-refractivity contribution in [2.24, 2.45) is 4.99 Å². The van der Waals surface area contributed by atoms with Crippen molar-refractivity contribution in [3.05, 3.63) is 53.2 Å². The highest BCUT2D eigenvalue weighted by molar-refractivity contribution is 8.14. The number of carbonyl (C=O) groups is 2. The summed E-state index contributed by atoms with van der Waals surface area (Å²) >= 11 is 7.42. The van der Waals surface area contributed by atoms with Crippen molar-refractivity contribution in [3.8, 4) is 11.5 Å². The van der Waals surface area contributed by atoms with Gasteiger partial charge in [0, 0.05) is 11.8 Å². The van der Waals surface area contributed by atoms with Crippen molar-refractivity contribution in [1.29, 1.82) is 0 Å². The van der Waals surface area contributed by atoms with Crippen LogP contribution in [0.1, 0.15) is 13.3 Å². The minimum absolute atomic E-state index is 0.0650. The number of ether oxygens (including phenoxy) is 3. The van der Waals surface area contributed by atoms with Crippen LogP contribution in [0.4, 0.5) is 17.1 Å². The summed E-state index contributed by atoms with van der Waals surface area (Å²) in [5, 5.41) is 6.96. The average molecular weight is 490 g/mol. The van der Waals surface area contributed by atoms with Gasteiger partial charge in [-0.2, -0.15) is 0 Å². The SMILES string of the molecule is CCOC(=O)CC1=CC(SCC(=O)Nc2cc(Cl)c(OC)cc2OC)=Nc2ccccc2N1. The first-order chi connectivity index (χ1) is 15.9. The summed E-state index contributed by atoms with van der Waals surface area (Å²) in [6.45, 7) is 2.06. The first-order valence-corrected chi connectivity index (χ1v) is 11.4. The molecular formula is C23H24ClN3O5S. The van der Waals surface area contributed by atoms with E-state index in [1.165, 1.54) is 26.0 Å². The van der Waals surface area contributed by atoms with E-state index in [4.69, 9.17) is 25.8 Å². The molecule has 0 bridgehead atoms. The second-order valence-corrected chi connectivity index (χ2v) is 8.17. The number of hydrogen-bond donors (Lipinski definition) is 2. The first kappa shape index (κ1) is 24.5. The molecule has 1 aliphatic rings. The van der Waals surface area contributed by atoms with Crippen LogP contribution in [0.15, 0.2) is 53.2 Å². The number of benzene rings is 2. The molecule has 1 heterocycles. The van der Waals surface area contributed by atoms with Crippen LogP contribution in [0.2, 0.25) is 5.02 Å². The number of nitrogens with one attached hydrogen (secondary N) is 2. The Labute approximate surface area is 201 Å². The number of aliphatic imine (C=N–C) groups is 1. The molecule has 10 heteroatoms. The predicted molar refractivity (Wildman–Crippen MR) is 132 cm³/mol. The molecule has 8 nitrogen and oxygen atoms in total. The van der Waals surface area contributed by atoms with Gasteiger partial charge in [0.05, 0.1) is 60.1 Å². The molecule has 0 spiro atoms. The minimum atomic E-state index is -0.346. The molecule has 174 valence electrons. The van der Waals surface area contributed by atoms with E-state index in [2.05, 4.69) is 15.6 Å². The summed E-state index contributed by atoms with van der Waals surface area (Å²) in [5.41, 5.74) is 2.54. The van der Waals surface area contributed by atoms with E-state index in [1.807, 2.05) is 24.3 Å². The fraction of sp³-hybridized carbons (Fsp3) is 0.261. The third kappa shape index (κ3) is 6.66. The average Bonchev–Trinajstić information content (AvgIpc) is 2.96. The van der Waals surface area contributed by atoms with Gasteiger partial charge in [0.15, 0.2) is 0 Å². The number of rotatable bonds is 8. The molecule has 3 rings (SSSR count). The monoisotopic (exact) mass is 489 g/mol. The largest absolute Gasteiger partial charge is 0.495 e. The van der Waals surface area contributed by atoms with Gasteiger partial charge in [0.25, 0.3) is 0 Å². The van der Waals surface area contributed by atoms with E-state index in [0.717, 1.165) is 5.69 Å². The quantitative estimate of drug-likeness (QED) is 0.502. The highest BCUT2D eigenvalue weighted by atomic mass is 35.5. The molecule has 0 radical (unpaired) electrons. The number of amides is 1. The summed E-state index contributed by atoms with van der Waals surface area (Å²) in [4.78, 5) is 29.3. The molecule has 0 saturated heterocycles. The molecule has 0 aromatic heterocycles. The molecule has 0 atom stereocenters. The summed E-state index contributed by atoms with van der Waals surface area (Å²) in [6.07, 6.45) is 1.81. The lowest BCUT2D eigenvalue weighted by molar-refractivity contribution is -0.142. The zero-order valence-electron chi connectivity index (χ0n) is 18.4. The fourth-order valence-electron chi connectivity index (χ4n) is 3.01. The number of halogens is 1. The number of hydrogen-bond acceptors (Lipinski definition) is 8. The summed E-state index contributed by atoms with van der Waals surface area (Å²) < 4.78 is 15.6. The molecule has 0 unspecified atom stereocenters. The van der Waals surface area contributed by atoms with Crippen LogP contribution in [0.3, 0.4) is 0 Å². The second-order valence-electron chi connectivity index (χ2n) is 6.77. The van der Waals surface area contributed by atoms with Gasteiger partial charge in [-0.05, 0) is 31.2 Å². The standard InChI is InChI=1S/C23H24ClN3O5S/c1-4-32-23(29)10-14-9-22(27-17-8-6-5-7-16(17)25-14)33-13-21(28)26-18-11-15(24)19(30-2)12-20(18)31-3/h5-9,11-12,25H,4,10,13H2,1-3H3,(H,26,28). The van der Waals surface area contributed by atoms with E-state index in [0.29, 0.717) is 45.2 Å². The van der Waals surface area contributed by atoms with E-state index in [1.54, 1.807) is 25.1 Å². The molecule has 2 aromatic carbocycles. The molecule has 33 heavy (non-hydrogen) atoms. The smallest absolute Gasteiger partial charge is 0.311 e. The molecular weight excluding hydrogens is 466 g/mol. The Bertz CT molecular complexity index is 1100. The van der Waals surface area contributed by atoms with Crippen molar-refractivity contribution < 1.29 is 23.8 Å². The minimum Gasteiger partial charge on any atom is -0.495 e. The predicted octanol–water partition coefficient (Wildman–Crippen LogP) is 5.02. The Hall–Kier alpha value is -3.17. The van der Waals surface area contributed by atoms with Crippen LogP contribution in [0.5, 0.6) is 11.5 Å². The number of anilines is 2. The van der Waals surface area contributed by atoms with Gasteiger partial charge in [-0.1, -0.05) is 35.5 Å². The van der Waals surface area contributed by atoms with Crippen LogP contribution in [-0.2, 0) is 14.3 Å². The second kappa shape index (κ2) is 11.6. The lowest BCUT2D eigenvalue weighted by Crippen LogP contribution is -2.16. The lowest BCUT2D eigenvalue weighted by Gasteiger charge is -2.13. The van der Waals surface area contributed by atoms with Crippen LogP contribution < -0.4 is 20.1 Å². The van der Waals surface area contributed by atoms with Crippen LogP contribution in [0, 0.1) is 0 Å². The first-order valence-electron chi connectivity index (χ1n) is 10.1. The van der Waals surface area contributed by atoms with E-state index < -0.39 is 0 Å². The number of esters is 1. The Morgan fingerprint density at radius 2 is 1.91 bits per heavy atom. The van der Waals surface area contributed by atoms with E-state index in [9.17, 15) is 9.59 Å². The molecule has 1 amide bonds. The maximum Gasteiger partial charge on any atom is 0.311 e. The van der Waals surface area contributed by atoms with Gasteiger partial charge in [0.1, 0.15) is 11.5 Å². The number of nitrogens with zero attached hydrogens (tertiary/aromatic N) is 1. The van der Waals surface area contributed by atoms with Gasteiger partial charge in [-0.15, -0.1) is 0 Å². The summed E-state index contributed by atoms with van der Waals surface area (Å²) in [7, 11) is 2.99. The molecule has 1 aliphatic heterocycles. The number of methoxy groups -OCH3 is 2. The third-order valence-electron chi connectivity index (χ3n) is 4.47. The van der Waals surface area contributed by atoms with Crippen LogP contribution in [-0.4, -0.2) is 43.5 Å². The maximum atomic E-state index is 12.6. The van der Waals surface area contributed by atoms with Gasteiger partial charge >= 0.3 is 5.97 Å². The molecule has 2 aromatic rings. The Balaban J connectivity index is 1.74. The Kier molecular flexibility index (Phi) is 8.62. The van der Waals surface area contributed by atoms with Crippen molar-refractivity contribution in [1.82, 2.24) is 0 Å². The van der Waals surface area contributed by atoms with Crippen molar-refractivity contribution in [2.45, 2.75) is 13.3 Å². The van der Waals surface area contributed by atoms with E-state index >= 15 is 0 Å². The number of para-hydroxylation sites is 2. The van der Waals surface area contributed by atoms with Crippen molar-refractivity contribution in [2.75, 3.05) is 37.2 Å². The van der Waals surface area contributed by atoms with Gasteiger partial charge in [-0.25, -0.2) is 4.99 Å². The molecule has 2 N–H and O–H groups in total. The number of carbonyl (C=O) groups excluding carboxylic acids is 2. The van der Waals surface area contributed by atoms with Crippen LogP contribution in [0.25, 0.3) is 0 Å². The zero-order chi connectivity index (χ0) is 23.8. The highest BCUT2D eigenvalue weighted by Crippen LogP contribution is 2.36. The van der Waals surface area contributed by atoms with E-state index in [-0.39, 0.29) is 24.1 Å². The topological polar surface area (TPSA) is 98.3 Å². The summed E-state index contributed by atoms with van der Waals surface area (Å²) in [5.74, 6) is 0.335. The summed E-state index contributed by atoms with van der Waals surface area (Å²) in [6, 6.07) is 10.7. The Morgan fingerprint density at radius 1 is 1.15 bits per heavy atom. The normalized spacial score (nSPS) is 12.4. The third-order valence-corrected chi connectivity index (χ3v) is 5.67. The Morgan fingerprint density at radius 3 is 2.64 bits per heavy atom. The molecule has 0 saturated carbocycles. The van der Waals surface area contributed by atoms with Crippen LogP contribution >= 0.6 is 23.4 Å². The fourth-order valence-corrected chi connectivity index (χ4v) is 3.99. The number of fused-ring (bicyclic) bond motifs is 1. The van der Waals surface area contributed by atoms with Crippen molar-refractivity contribution >= 4 is 57.3 Å². The lowest BCUT2D eigenvalue weighted by atomic mass is 10.2. The maximum absolute atomic E-state index is 12.6.